The van der Waals surface area contributed by atoms with Crippen molar-refractivity contribution >= 4 is 29.4 Å². The summed E-state index contributed by atoms with van der Waals surface area (Å²) in [5, 5.41) is 5.40. The second-order valence-corrected chi connectivity index (χ2v) is 5.62. The molecule has 2 aromatic rings. The minimum atomic E-state index is 0.421. The molecule has 126 valence electrons. The highest BCUT2D eigenvalue weighted by Gasteiger charge is 2.05. The molecule has 0 aliphatic heterocycles. The molecular formula is C18H18Cl2N2O2. The molecule has 2 rings (SSSR count). The van der Waals surface area contributed by atoms with E-state index in [1.165, 1.54) is 0 Å². The number of nitrogens with one attached hydrogen (secondary N) is 1. The van der Waals surface area contributed by atoms with E-state index < -0.39 is 0 Å². The van der Waals surface area contributed by atoms with Crippen LogP contribution in [0.15, 0.2) is 54.2 Å². The summed E-state index contributed by atoms with van der Waals surface area (Å²) in [5.41, 5.74) is 4.61. The zero-order chi connectivity index (χ0) is 17.4. The van der Waals surface area contributed by atoms with Crippen molar-refractivity contribution < 1.29 is 9.47 Å². The molecule has 0 amide bonds. The van der Waals surface area contributed by atoms with E-state index in [1.54, 1.807) is 37.6 Å². The number of benzene rings is 2. The highest BCUT2D eigenvalue weighted by Crippen LogP contribution is 2.27. The number of rotatable bonds is 8. The van der Waals surface area contributed by atoms with Gasteiger partial charge in [-0.25, -0.2) is 0 Å². The number of halogens is 2. The first-order chi connectivity index (χ1) is 11.7. The fourth-order valence-corrected chi connectivity index (χ4v) is 2.51. The van der Waals surface area contributed by atoms with Crippen molar-refractivity contribution in [2.75, 3.05) is 13.7 Å². The van der Waals surface area contributed by atoms with E-state index >= 15 is 0 Å². The summed E-state index contributed by atoms with van der Waals surface area (Å²) in [6.07, 6.45) is 3.36. The number of hydrogen-bond acceptors (Lipinski definition) is 4. The van der Waals surface area contributed by atoms with Gasteiger partial charge in [-0.2, -0.15) is 5.10 Å². The Balaban J connectivity index is 2.00. The normalized spacial score (nSPS) is 10.6. The molecule has 6 heteroatoms. The first-order valence-electron chi connectivity index (χ1n) is 7.26. The van der Waals surface area contributed by atoms with Gasteiger partial charge in [0.1, 0.15) is 6.61 Å². The van der Waals surface area contributed by atoms with Crippen LogP contribution in [0.5, 0.6) is 11.5 Å². The molecule has 0 heterocycles. The van der Waals surface area contributed by atoms with E-state index in [4.69, 9.17) is 32.7 Å². The summed E-state index contributed by atoms with van der Waals surface area (Å²) in [5.74, 6) is 1.29. The number of hydrazone groups is 1. The lowest BCUT2D eigenvalue weighted by molar-refractivity contribution is 0.326. The Morgan fingerprint density at radius 2 is 1.92 bits per heavy atom. The van der Waals surface area contributed by atoms with Crippen molar-refractivity contribution in [1.29, 1.82) is 0 Å². The standard InChI is InChI=1S/C18H18Cl2N2O2/c1-3-9-24-17-8-7-13(10-18(17)23-2)11-21-22-12-14-15(19)5-4-6-16(14)20/h3-8,10-11,22H,1,9,12H2,2H3/b21-11-. The molecule has 0 fully saturated rings. The van der Waals surface area contributed by atoms with Crippen LogP contribution in [0.3, 0.4) is 0 Å². The van der Waals surface area contributed by atoms with Gasteiger partial charge in [-0.15, -0.1) is 0 Å². The average molecular weight is 365 g/mol. The number of nitrogens with zero attached hydrogens (tertiary/aromatic N) is 1. The van der Waals surface area contributed by atoms with E-state index in [0.29, 0.717) is 34.7 Å². The van der Waals surface area contributed by atoms with Crippen LogP contribution in [-0.2, 0) is 6.54 Å². The van der Waals surface area contributed by atoms with Crippen LogP contribution < -0.4 is 14.9 Å². The van der Waals surface area contributed by atoms with Crippen molar-refractivity contribution in [2.45, 2.75) is 6.54 Å². The van der Waals surface area contributed by atoms with Crippen LogP contribution in [0.25, 0.3) is 0 Å². The minimum absolute atomic E-state index is 0.421. The largest absolute Gasteiger partial charge is 0.493 e. The van der Waals surface area contributed by atoms with Gasteiger partial charge in [0.15, 0.2) is 11.5 Å². The molecular weight excluding hydrogens is 347 g/mol. The topological polar surface area (TPSA) is 42.8 Å². The molecule has 4 nitrogen and oxygen atoms in total. The van der Waals surface area contributed by atoms with E-state index in [-0.39, 0.29) is 0 Å². The zero-order valence-corrected chi connectivity index (χ0v) is 14.8. The second-order valence-electron chi connectivity index (χ2n) is 4.80. The van der Waals surface area contributed by atoms with E-state index in [9.17, 15) is 0 Å². The molecule has 24 heavy (non-hydrogen) atoms. The van der Waals surface area contributed by atoms with Crippen LogP contribution in [-0.4, -0.2) is 19.9 Å². The average Bonchev–Trinajstić information content (AvgIpc) is 2.59. The summed E-state index contributed by atoms with van der Waals surface area (Å²) in [6.45, 7) is 4.48. The highest BCUT2D eigenvalue weighted by molar-refractivity contribution is 6.35. The van der Waals surface area contributed by atoms with Gasteiger partial charge >= 0.3 is 0 Å². The Hall–Kier alpha value is -2.17. The zero-order valence-electron chi connectivity index (χ0n) is 13.3. The lowest BCUT2D eigenvalue weighted by Crippen LogP contribution is -2.06. The molecule has 1 N–H and O–H groups in total. The van der Waals surface area contributed by atoms with Crippen molar-refractivity contribution in [3.63, 3.8) is 0 Å². The van der Waals surface area contributed by atoms with Gasteiger partial charge in [-0.1, -0.05) is 41.9 Å². The van der Waals surface area contributed by atoms with Gasteiger partial charge < -0.3 is 14.9 Å². The Bertz CT molecular complexity index is 713. The summed E-state index contributed by atoms with van der Waals surface area (Å²) in [4.78, 5) is 0. The van der Waals surface area contributed by atoms with E-state index in [1.807, 2.05) is 18.2 Å². The summed E-state index contributed by atoms with van der Waals surface area (Å²) < 4.78 is 10.8. The monoisotopic (exact) mass is 364 g/mol. The first kappa shape index (κ1) is 18.2. The molecule has 0 radical (unpaired) electrons. The Morgan fingerprint density at radius 1 is 1.17 bits per heavy atom. The maximum atomic E-state index is 6.11. The maximum Gasteiger partial charge on any atom is 0.161 e. The molecule has 2 aromatic carbocycles. The summed E-state index contributed by atoms with van der Waals surface area (Å²) in [7, 11) is 1.59. The predicted octanol–water partition coefficient (Wildman–Crippen LogP) is 4.69. The molecule has 0 saturated heterocycles. The number of hydrogen-bond donors (Lipinski definition) is 1. The molecule has 0 spiro atoms. The molecule has 0 atom stereocenters. The fraction of sp³-hybridized carbons (Fsp3) is 0.167. The fourth-order valence-electron chi connectivity index (χ4n) is 1.98. The first-order valence-corrected chi connectivity index (χ1v) is 8.02. The van der Waals surface area contributed by atoms with E-state index in [0.717, 1.165) is 11.1 Å². The van der Waals surface area contributed by atoms with Gasteiger partial charge in [0, 0.05) is 15.6 Å². The van der Waals surface area contributed by atoms with Gasteiger partial charge in [-0.05, 0) is 35.9 Å². The maximum absolute atomic E-state index is 6.11. The summed E-state index contributed by atoms with van der Waals surface area (Å²) >= 11 is 12.2. The van der Waals surface area contributed by atoms with Crippen molar-refractivity contribution in [2.24, 2.45) is 5.10 Å². The van der Waals surface area contributed by atoms with E-state index in [2.05, 4.69) is 17.1 Å². The Labute approximate surface area is 151 Å². The number of ether oxygens (including phenoxy) is 2. The third kappa shape index (κ3) is 4.91. The second kappa shape index (κ2) is 9.21. The van der Waals surface area contributed by atoms with Gasteiger partial charge in [-0.3, -0.25) is 0 Å². The SMILES string of the molecule is C=CCOc1ccc(/C=N\NCc2c(Cl)cccc2Cl)cc1OC. The Kier molecular flexibility index (Phi) is 6.97. The molecule has 0 aliphatic rings. The molecule has 0 aliphatic carbocycles. The Morgan fingerprint density at radius 3 is 2.58 bits per heavy atom. The van der Waals surface area contributed by atoms with Gasteiger partial charge in [0.25, 0.3) is 0 Å². The predicted molar refractivity (Wildman–Crippen MR) is 99.6 cm³/mol. The number of methoxy groups -OCH3 is 1. The van der Waals surface area contributed by atoms with Crippen LogP contribution in [0, 0.1) is 0 Å². The molecule has 0 unspecified atom stereocenters. The van der Waals surface area contributed by atoms with Crippen LogP contribution >= 0.6 is 23.2 Å². The van der Waals surface area contributed by atoms with Crippen LogP contribution in [0.2, 0.25) is 10.0 Å². The molecule has 0 aromatic heterocycles. The lowest BCUT2D eigenvalue weighted by Gasteiger charge is -2.09. The van der Waals surface area contributed by atoms with Crippen LogP contribution in [0.1, 0.15) is 11.1 Å². The van der Waals surface area contributed by atoms with Crippen molar-refractivity contribution in [3.8, 4) is 11.5 Å². The van der Waals surface area contributed by atoms with Crippen LogP contribution in [0.4, 0.5) is 0 Å². The smallest absolute Gasteiger partial charge is 0.161 e. The third-order valence-corrected chi connectivity index (χ3v) is 3.88. The van der Waals surface area contributed by atoms with Gasteiger partial charge in [0.05, 0.1) is 19.9 Å². The van der Waals surface area contributed by atoms with Crippen molar-refractivity contribution in [3.05, 3.63) is 70.2 Å². The quantitative estimate of drug-likeness (QED) is 0.419. The highest BCUT2D eigenvalue weighted by atomic mass is 35.5. The third-order valence-electron chi connectivity index (χ3n) is 3.17. The minimum Gasteiger partial charge on any atom is -0.493 e. The van der Waals surface area contributed by atoms with Gasteiger partial charge in [0.2, 0.25) is 0 Å². The lowest BCUT2D eigenvalue weighted by atomic mass is 10.2. The van der Waals surface area contributed by atoms with Crippen molar-refractivity contribution in [1.82, 2.24) is 5.43 Å². The molecule has 0 saturated carbocycles. The molecule has 0 bridgehead atoms. The summed E-state index contributed by atoms with van der Waals surface area (Å²) in [6, 6.07) is 10.9.